The predicted octanol–water partition coefficient (Wildman–Crippen LogP) is 1.17. The van der Waals surface area contributed by atoms with Crippen molar-refractivity contribution in [2.75, 3.05) is 20.3 Å². The third-order valence-corrected chi connectivity index (χ3v) is 1.56. The van der Waals surface area contributed by atoms with Gasteiger partial charge in [0.2, 0.25) is 0 Å². The summed E-state index contributed by atoms with van der Waals surface area (Å²) in [5.74, 6) is -0.530. The molecular formula is C8H16O3. The summed E-state index contributed by atoms with van der Waals surface area (Å²) >= 11 is 0. The Morgan fingerprint density at radius 1 is 1.73 bits per heavy atom. The quantitative estimate of drug-likeness (QED) is 0.622. The summed E-state index contributed by atoms with van der Waals surface area (Å²) in [5.41, 5.74) is 0. The average molecular weight is 161 g/mol. The Kier molecular flexibility index (Phi) is 2.41. The summed E-state index contributed by atoms with van der Waals surface area (Å²) in [6.07, 6.45) is -0.503. The van der Waals surface area contributed by atoms with Gasteiger partial charge in [-0.2, -0.15) is 0 Å². The van der Waals surface area contributed by atoms with E-state index in [0.29, 0.717) is 13.2 Å². The van der Waals surface area contributed by atoms with Gasteiger partial charge in [0.25, 0.3) is 0 Å². The van der Waals surface area contributed by atoms with Gasteiger partial charge in [-0.15, -0.1) is 0 Å². The molecule has 0 saturated carbocycles. The molecule has 0 amide bonds. The van der Waals surface area contributed by atoms with E-state index in [4.69, 9.17) is 15.6 Å². The highest BCUT2D eigenvalue weighted by molar-refractivity contribution is 4.70. The Labute approximate surface area is 69.0 Å². The monoisotopic (exact) mass is 161 g/mol. The van der Waals surface area contributed by atoms with Crippen molar-refractivity contribution in [2.45, 2.75) is 32.1 Å². The van der Waals surface area contributed by atoms with Crippen LogP contribution in [-0.4, -0.2) is 32.2 Å². The minimum atomic E-state index is -0.530. The van der Waals surface area contributed by atoms with Crippen molar-refractivity contribution in [3.8, 4) is 0 Å². The van der Waals surface area contributed by atoms with E-state index >= 15 is 0 Å². The molecule has 3 nitrogen and oxygen atoms in total. The van der Waals surface area contributed by atoms with Crippen LogP contribution in [0.3, 0.4) is 0 Å². The smallest absolute Gasteiger partial charge is 0.163 e. The maximum absolute atomic E-state index is 7.62. The summed E-state index contributed by atoms with van der Waals surface area (Å²) in [6, 6.07) is 0. The van der Waals surface area contributed by atoms with E-state index in [9.17, 15) is 0 Å². The minimum Gasteiger partial charge on any atom is -0.385 e. The van der Waals surface area contributed by atoms with Crippen molar-refractivity contribution in [1.82, 2.24) is 0 Å². The van der Waals surface area contributed by atoms with Crippen LogP contribution in [0.4, 0.5) is 0 Å². The summed E-state index contributed by atoms with van der Waals surface area (Å²) in [4.78, 5) is 0. The van der Waals surface area contributed by atoms with Gasteiger partial charge in [-0.1, -0.05) is 0 Å². The predicted molar refractivity (Wildman–Crippen MR) is 41.4 cm³/mol. The molecule has 1 heterocycles. The highest BCUT2D eigenvalue weighted by Gasteiger charge is 2.31. The van der Waals surface area contributed by atoms with Gasteiger partial charge in [0, 0.05) is 15.1 Å². The lowest BCUT2D eigenvalue weighted by Gasteiger charge is -2.16. The fourth-order valence-electron chi connectivity index (χ4n) is 1.04. The number of methoxy groups -OCH3 is 1. The first-order valence-electron chi connectivity index (χ1n) is 4.36. The van der Waals surface area contributed by atoms with Crippen LogP contribution in [0.2, 0.25) is 0 Å². The molecule has 3 heteroatoms. The molecule has 0 unspecified atom stereocenters. The molecule has 1 aliphatic heterocycles. The fourth-order valence-corrected chi connectivity index (χ4v) is 1.04. The second-order valence-electron chi connectivity index (χ2n) is 3.06. The van der Waals surface area contributed by atoms with Crippen molar-refractivity contribution < 1.29 is 15.6 Å². The SMILES string of the molecule is [2H][C@H](COC)[C@H]1COC(C)(C)O1. The van der Waals surface area contributed by atoms with Crippen LogP contribution < -0.4 is 0 Å². The molecule has 1 fully saturated rings. The number of hydrogen-bond donors (Lipinski definition) is 0. The van der Waals surface area contributed by atoms with Gasteiger partial charge in [-0.3, -0.25) is 0 Å². The van der Waals surface area contributed by atoms with Crippen LogP contribution in [0, 0.1) is 0 Å². The standard InChI is InChI=1S/C8H16O3/c1-8(2)10-6-7(11-8)4-5-9-3/h7H,4-6H2,1-3H3/t7-/m0/s1/i4D/t4-,7+/m1. The largest absolute Gasteiger partial charge is 0.385 e. The zero-order valence-electron chi connectivity index (χ0n) is 8.29. The zero-order chi connectivity index (χ0) is 9.19. The van der Waals surface area contributed by atoms with Crippen LogP contribution in [0.5, 0.6) is 0 Å². The molecule has 1 aliphatic rings. The van der Waals surface area contributed by atoms with Crippen molar-refractivity contribution in [1.29, 1.82) is 0 Å². The van der Waals surface area contributed by atoms with Crippen molar-refractivity contribution >= 4 is 0 Å². The Bertz CT molecular complexity index is 149. The molecule has 0 aromatic carbocycles. The van der Waals surface area contributed by atoms with E-state index in [2.05, 4.69) is 0 Å². The lowest BCUT2D eigenvalue weighted by Crippen LogP contribution is -2.21. The maximum atomic E-state index is 7.62. The molecule has 0 radical (unpaired) electrons. The first-order chi connectivity index (χ1) is 5.55. The third kappa shape index (κ3) is 2.77. The molecule has 66 valence electrons. The van der Waals surface area contributed by atoms with Crippen molar-refractivity contribution in [3.05, 3.63) is 0 Å². The molecule has 0 aromatic heterocycles. The van der Waals surface area contributed by atoms with Gasteiger partial charge >= 0.3 is 0 Å². The van der Waals surface area contributed by atoms with Crippen LogP contribution in [0.15, 0.2) is 0 Å². The molecule has 2 atom stereocenters. The molecule has 0 bridgehead atoms. The molecule has 0 N–H and O–H groups in total. The van der Waals surface area contributed by atoms with E-state index in [1.807, 2.05) is 13.8 Å². The molecular weight excluding hydrogens is 144 g/mol. The van der Waals surface area contributed by atoms with E-state index in [1.54, 1.807) is 7.11 Å². The summed E-state index contributed by atoms with van der Waals surface area (Å²) in [6.45, 7) is 4.59. The second-order valence-corrected chi connectivity index (χ2v) is 3.06. The van der Waals surface area contributed by atoms with E-state index < -0.39 is 5.79 Å². The first kappa shape index (κ1) is 7.53. The normalized spacial score (nSPS) is 33.4. The lowest BCUT2D eigenvalue weighted by molar-refractivity contribution is -0.140. The van der Waals surface area contributed by atoms with Crippen LogP contribution >= 0.6 is 0 Å². The van der Waals surface area contributed by atoms with Crippen molar-refractivity contribution in [2.24, 2.45) is 0 Å². The highest BCUT2D eigenvalue weighted by atomic mass is 16.7. The molecule has 0 aliphatic carbocycles. The Morgan fingerprint density at radius 2 is 2.45 bits per heavy atom. The van der Waals surface area contributed by atoms with Crippen LogP contribution in [0.1, 0.15) is 21.6 Å². The third-order valence-electron chi connectivity index (χ3n) is 1.56. The molecule has 0 spiro atoms. The molecule has 1 rings (SSSR count). The molecule has 1 saturated heterocycles. The van der Waals surface area contributed by atoms with E-state index in [-0.39, 0.29) is 12.5 Å². The van der Waals surface area contributed by atoms with Gasteiger partial charge in [0.1, 0.15) is 0 Å². The Hall–Kier alpha value is -0.120. The fraction of sp³-hybridized carbons (Fsp3) is 1.00. The number of hydrogen-bond acceptors (Lipinski definition) is 3. The average Bonchev–Trinajstić information content (AvgIpc) is 2.31. The first-order valence-corrected chi connectivity index (χ1v) is 3.78. The van der Waals surface area contributed by atoms with Crippen LogP contribution in [-0.2, 0) is 14.2 Å². The highest BCUT2D eigenvalue weighted by Crippen LogP contribution is 2.23. The summed E-state index contributed by atoms with van der Waals surface area (Å²) in [5, 5.41) is 0. The second kappa shape index (κ2) is 3.52. The maximum Gasteiger partial charge on any atom is 0.163 e. The molecule has 11 heavy (non-hydrogen) atoms. The topological polar surface area (TPSA) is 27.7 Å². The van der Waals surface area contributed by atoms with Crippen molar-refractivity contribution in [3.63, 3.8) is 0 Å². The molecule has 0 aromatic rings. The Morgan fingerprint density at radius 3 is 2.91 bits per heavy atom. The van der Waals surface area contributed by atoms with Gasteiger partial charge in [-0.25, -0.2) is 0 Å². The van der Waals surface area contributed by atoms with Gasteiger partial charge < -0.3 is 14.2 Å². The lowest BCUT2D eigenvalue weighted by atomic mass is 10.3. The number of ether oxygens (including phenoxy) is 3. The zero-order valence-corrected chi connectivity index (χ0v) is 7.29. The minimum absolute atomic E-state index is 0.153. The summed E-state index contributed by atoms with van der Waals surface area (Å²) < 4.78 is 23.3. The van der Waals surface area contributed by atoms with Gasteiger partial charge in [-0.05, 0) is 20.2 Å². The summed E-state index contributed by atoms with van der Waals surface area (Å²) in [7, 11) is 1.59. The van der Waals surface area contributed by atoms with E-state index in [1.165, 1.54) is 0 Å². The Balaban J connectivity index is 2.36. The van der Waals surface area contributed by atoms with Gasteiger partial charge in [0.15, 0.2) is 5.79 Å². The van der Waals surface area contributed by atoms with Gasteiger partial charge in [0.05, 0.1) is 12.7 Å². The van der Waals surface area contributed by atoms with E-state index in [0.717, 1.165) is 0 Å². The van der Waals surface area contributed by atoms with Crippen LogP contribution in [0.25, 0.3) is 0 Å². The number of rotatable bonds is 3.